The number of nitrogens with zero attached hydrogens (tertiary/aromatic N) is 1. The van der Waals surface area contributed by atoms with Crippen LogP contribution in [-0.2, 0) is 30.2 Å². The lowest BCUT2D eigenvalue weighted by molar-refractivity contribution is -0.846. The second-order valence-corrected chi connectivity index (χ2v) is 9.53. The number of hydrogen-bond acceptors (Lipinski definition) is 5. The van der Waals surface area contributed by atoms with Gasteiger partial charge in [0, 0.05) is 0 Å². The second-order valence-electron chi connectivity index (χ2n) is 9.53. The van der Waals surface area contributed by atoms with Crippen LogP contribution in [0.5, 0.6) is 0 Å². The van der Waals surface area contributed by atoms with Gasteiger partial charge in [-0.1, -0.05) is 62.4 Å². The minimum atomic E-state index is -2.01. The minimum absolute atomic E-state index is 0.0113. The van der Waals surface area contributed by atoms with Crippen molar-refractivity contribution in [3.05, 3.63) is 35.9 Å². The van der Waals surface area contributed by atoms with Crippen molar-refractivity contribution < 1.29 is 28.0 Å². The van der Waals surface area contributed by atoms with E-state index in [9.17, 15) is 9.59 Å². The molecule has 1 aromatic rings. The first-order chi connectivity index (χ1) is 14.0. The van der Waals surface area contributed by atoms with Crippen LogP contribution in [0.1, 0.15) is 51.0 Å². The Hall–Kier alpha value is -1.86. The summed E-state index contributed by atoms with van der Waals surface area (Å²) in [4.78, 5) is 25.3. The lowest BCUT2D eigenvalue weighted by Crippen LogP contribution is -2.71. The number of benzene rings is 1. The van der Waals surface area contributed by atoms with Gasteiger partial charge < -0.3 is 18.4 Å². The zero-order valence-corrected chi connectivity index (χ0v) is 17.1. The van der Waals surface area contributed by atoms with Gasteiger partial charge in [0.25, 0.3) is 0 Å². The molecular formula is C22H30BNO5. The fraction of sp³-hybridized carbons (Fsp3) is 0.636. The first-order valence-electron chi connectivity index (χ1n) is 11.1. The number of rotatable bonds is 5. The van der Waals surface area contributed by atoms with Gasteiger partial charge in [-0.05, 0) is 30.6 Å². The summed E-state index contributed by atoms with van der Waals surface area (Å²) in [6.45, 7) is 1.23. The molecule has 0 N–H and O–H groups in total. The van der Waals surface area contributed by atoms with Gasteiger partial charge >= 0.3 is 18.6 Å². The number of quaternary nitrogens is 1. The first kappa shape index (κ1) is 19.1. The highest BCUT2D eigenvalue weighted by molar-refractivity contribution is 6.67. The Morgan fingerprint density at radius 2 is 1.69 bits per heavy atom. The molecule has 7 heteroatoms. The summed E-state index contributed by atoms with van der Waals surface area (Å²) in [6, 6.07) is 10.2. The maximum absolute atomic E-state index is 12.6. The van der Waals surface area contributed by atoms with Gasteiger partial charge in [-0.2, -0.15) is 0 Å². The number of carbonyl (C=O) groups is 2. The van der Waals surface area contributed by atoms with Crippen molar-refractivity contribution in [1.82, 2.24) is 0 Å². The third-order valence-electron chi connectivity index (χ3n) is 8.02. The number of fused-ring (bicyclic) bond motifs is 1. The molecule has 0 aromatic heterocycles. The Kier molecular flexibility index (Phi) is 4.70. The van der Waals surface area contributed by atoms with Crippen LogP contribution in [0.15, 0.2) is 30.3 Å². The third-order valence-corrected chi connectivity index (χ3v) is 8.02. The summed E-state index contributed by atoms with van der Waals surface area (Å²) in [5.41, 5.74) is 1.14. The maximum atomic E-state index is 12.6. The lowest BCUT2D eigenvalue weighted by atomic mass is 9.51. The van der Waals surface area contributed by atoms with Crippen LogP contribution in [0.2, 0.25) is 5.82 Å². The predicted octanol–water partition coefficient (Wildman–Crippen LogP) is 3.18. The smallest absolute Gasteiger partial charge is 0.587 e. The molecule has 2 saturated carbocycles. The highest BCUT2D eigenvalue weighted by Crippen LogP contribution is 2.55. The molecule has 1 aromatic carbocycles. The molecule has 4 aliphatic rings. The number of carbonyl (C=O) groups excluding carboxylic acids is 2. The molecule has 4 fully saturated rings. The summed E-state index contributed by atoms with van der Waals surface area (Å²) in [7, 11) is 0. The average Bonchev–Trinajstić information content (AvgIpc) is 3.43. The molecule has 0 radical (unpaired) electrons. The molecule has 29 heavy (non-hydrogen) atoms. The van der Waals surface area contributed by atoms with E-state index in [4.69, 9.17) is 14.0 Å². The van der Waals surface area contributed by atoms with Crippen LogP contribution in [0.3, 0.4) is 0 Å². The standard InChI is InChI=1S/C22H30BNO5/c1-16-7-5-10-18(16)23-24(13-21(25)28-23,14-22(26)29-23)19-11-6-12-20(19)27-15-17-8-3-2-4-9-17/h2-4,8-9,16,18-20H,5-7,10-15H2,1H3/t16-,18?,19-,20-,23?,24?/m0/s1. The van der Waals surface area contributed by atoms with E-state index in [0.717, 1.165) is 44.1 Å². The normalized spacial score (nSPS) is 41.4. The highest BCUT2D eigenvalue weighted by atomic mass is 16.7. The van der Waals surface area contributed by atoms with E-state index >= 15 is 0 Å². The largest absolute Gasteiger partial charge is 0.600 e. The van der Waals surface area contributed by atoms with Crippen LogP contribution >= 0.6 is 0 Å². The van der Waals surface area contributed by atoms with Crippen LogP contribution in [-0.4, -0.2) is 48.3 Å². The first-order valence-corrected chi connectivity index (χ1v) is 11.1. The van der Waals surface area contributed by atoms with E-state index in [1.165, 1.54) is 0 Å². The van der Waals surface area contributed by atoms with Crippen molar-refractivity contribution in [2.24, 2.45) is 5.92 Å². The summed E-state index contributed by atoms with van der Waals surface area (Å²) >= 11 is 0. The molecule has 0 bridgehead atoms. The molecule has 1 unspecified atom stereocenters. The molecule has 2 aliphatic carbocycles. The fourth-order valence-electron chi connectivity index (χ4n) is 6.80. The Bertz CT molecular complexity index is 780. The number of hydrogen-bond donors (Lipinski definition) is 0. The van der Waals surface area contributed by atoms with Gasteiger partial charge in [0.1, 0.15) is 19.2 Å². The Morgan fingerprint density at radius 3 is 2.34 bits per heavy atom. The molecule has 2 heterocycles. The molecule has 4 atom stereocenters. The molecule has 6 nitrogen and oxygen atoms in total. The molecular weight excluding hydrogens is 369 g/mol. The topological polar surface area (TPSA) is 61.8 Å². The molecule has 2 saturated heterocycles. The molecule has 5 rings (SSSR count). The van der Waals surface area contributed by atoms with E-state index in [1.807, 2.05) is 18.2 Å². The van der Waals surface area contributed by atoms with Crippen LogP contribution in [0.4, 0.5) is 0 Å². The predicted molar refractivity (Wildman–Crippen MR) is 107 cm³/mol. The Morgan fingerprint density at radius 1 is 1.00 bits per heavy atom. The Labute approximate surface area is 172 Å². The van der Waals surface area contributed by atoms with E-state index in [-0.39, 0.29) is 43.0 Å². The van der Waals surface area contributed by atoms with E-state index in [2.05, 4.69) is 19.1 Å². The van der Waals surface area contributed by atoms with Gasteiger partial charge in [0.05, 0.1) is 12.6 Å². The van der Waals surface area contributed by atoms with Crippen LogP contribution < -0.4 is 0 Å². The summed E-state index contributed by atoms with van der Waals surface area (Å²) in [6.07, 6.45) is 6.11. The van der Waals surface area contributed by atoms with Crippen LogP contribution in [0, 0.1) is 5.92 Å². The molecule has 0 amide bonds. The van der Waals surface area contributed by atoms with Crippen molar-refractivity contribution in [2.45, 2.75) is 70.0 Å². The van der Waals surface area contributed by atoms with Gasteiger partial charge in [-0.25, -0.2) is 0 Å². The maximum Gasteiger partial charge on any atom is 0.587 e. The highest BCUT2D eigenvalue weighted by Gasteiger charge is 2.74. The monoisotopic (exact) mass is 399 g/mol. The molecule has 156 valence electrons. The van der Waals surface area contributed by atoms with E-state index in [1.54, 1.807) is 0 Å². The van der Waals surface area contributed by atoms with Gasteiger partial charge in [-0.3, -0.25) is 9.59 Å². The van der Waals surface area contributed by atoms with Crippen LogP contribution in [0.25, 0.3) is 0 Å². The molecule has 2 aliphatic heterocycles. The zero-order chi connectivity index (χ0) is 20.1. The van der Waals surface area contributed by atoms with E-state index in [0.29, 0.717) is 16.9 Å². The summed E-state index contributed by atoms with van der Waals surface area (Å²) in [5.74, 6) is 0.0910. The average molecular weight is 399 g/mol. The fourth-order valence-corrected chi connectivity index (χ4v) is 6.80. The van der Waals surface area contributed by atoms with Crippen molar-refractivity contribution in [3.63, 3.8) is 0 Å². The lowest BCUT2D eigenvalue weighted by Gasteiger charge is -2.52. The summed E-state index contributed by atoms with van der Waals surface area (Å²) in [5, 5.41) is 0. The van der Waals surface area contributed by atoms with Crippen molar-refractivity contribution in [3.8, 4) is 0 Å². The van der Waals surface area contributed by atoms with Gasteiger partial charge in [0.2, 0.25) is 0 Å². The van der Waals surface area contributed by atoms with Gasteiger partial charge in [0.15, 0.2) is 0 Å². The SMILES string of the molecule is C[C@H]1CCCC1[B-]12OC(=O)C[N+]1([C@H]1CCC[C@@H]1OCc1ccccc1)CC(=O)O2. The minimum Gasteiger partial charge on any atom is -0.600 e. The van der Waals surface area contributed by atoms with Crippen molar-refractivity contribution in [1.29, 1.82) is 0 Å². The second kappa shape index (κ2) is 7.13. The zero-order valence-electron chi connectivity index (χ0n) is 17.1. The summed E-state index contributed by atoms with van der Waals surface area (Å²) < 4.78 is 18.8. The third kappa shape index (κ3) is 2.93. The van der Waals surface area contributed by atoms with Crippen molar-refractivity contribution in [2.75, 3.05) is 13.1 Å². The molecule has 0 spiro atoms. The van der Waals surface area contributed by atoms with Gasteiger partial charge in [-0.15, -0.1) is 0 Å². The Balaban J connectivity index is 1.46. The van der Waals surface area contributed by atoms with Crippen molar-refractivity contribution >= 4 is 18.6 Å². The van der Waals surface area contributed by atoms with E-state index < -0.39 is 6.69 Å². The quantitative estimate of drug-likeness (QED) is 0.712. The number of ether oxygens (including phenoxy) is 1.